The summed E-state index contributed by atoms with van der Waals surface area (Å²) in [6, 6.07) is 8.00. The van der Waals surface area contributed by atoms with E-state index in [9.17, 15) is 4.79 Å². The van der Waals surface area contributed by atoms with E-state index in [0.717, 1.165) is 23.7 Å². The van der Waals surface area contributed by atoms with Crippen molar-refractivity contribution in [1.29, 1.82) is 0 Å². The van der Waals surface area contributed by atoms with E-state index in [1.807, 2.05) is 35.4 Å². The fourth-order valence-corrected chi connectivity index (χ4v) is 3.19. The van der Waals surface area contributed by atoms with Crippen molar-refractivity contribution in [2.24, 2.45) is 11.8 Å². The molecule has 1 fully saturated rings. The van der Waals surface area contributed by atoms with E-state index in [1.54, 1.807) is 11.8 Å². The maximum Gasteiger partial charge on any atom is 0.321 e. The number of likely N-dealkylation sites (tertiary alicyclic amines) is 1. The number of nitrogens with one attached hydrogen (secondary N) is 1. The molecule has 1 heterocycles. The van der Waals surface area contributed by atoms with Gasteiger partial charge in [0.15, 0.2) is 0 Å². The van der Waals surface area contributed by atoms with E-state index in [0.29, 0.717) is 11.8 Å². The molecule has 1 aromatic carbocycles. The molecule has 3 nitrogen and oxygen atoms in total. The van der Waals surface area contributed by atoms with Crippen molar-refractivity contribution in [3.8, 4) is 0 Å². The monoisotopic (exact) mass is 278 g/mol. The quantitative estimate of drug-likeness (QED) is 0.832. The van der Waals surface area contributed by atoms with Crippen LogP contribution in [0.2, 0.25) is 0 Å². The molecule has 1 saturated heterocycles. The van der Waals surface area contributed by atoms with Gasteiger partial charge in [-0.1, -0.05) is 19.9 Å². The SMILES string of the molecule is CSc1cccc(NC(=O)N2C[C@H](C)C[C@@H](C)C2)c1. The fourth-order valence-electron chi connectivity index (χ4n) is 2.73. The highest BCUT2D eigenvalue weighted by Crippen LogP contribution is 2.23. The molecule has 4 heteroatoms. The highest BCUT2D eigenvalue weighted by Gasteiger charge is 2.25. The lowest BCUT2D eigenvalue weighted by atomic mass is 9.92. The Morgan fingerprint density at radius 3 is 2.63 bits per heavy atom. The lowest BCUT2D eigenvalue weighted by Gasteiger charge is -2.34. The average molecular weight is 278 g/mol. The van der Waals surface area contributed by atoms with Gasteiger partial charge in [-0.15, -0.1) is 11.8 Å². The number of carbonyl (C=O) groups is 1. The highest BCUT2D eigenvalue weighted by molar-refractivity contribution is 7.98. The van der Waals surface area contributed by atoms with Gasteiger partial charge in [-0.3, -0.25) is 0 Å². The topological polar surface area (TPSA) is 32.3 Å². The summed E-state index contributed by atoms with van der Waals surface area (Å²) < 4.78 is 0. The summed E-state index contributed by atoms with van der Waals surface area (Å²) in [5, 5.41) is 3.00. The average Bonchev–Trinajstić information content (AvgIpc) is 2.37. The van der Waals surface area contributed by atoms with Crippen LogP contribution in [0.5, 0.6) is 0 Å². The Hall–Kier alpha value is -1.16. The smallest absolute Gasteiger partial charge is 0.321 e. The zero-order valence-corrected chi connectivity index (χ0v) is 12.7. The number of hydrogen-bond donors (Lipinski definition) is 1. The molecule has 0 aliphatic carbocycles. The number of carbonyl (C=O) groups excluding carboxylic acids is 1. The first kappa shape index (κ1) is 14.3. The van der Waals surface area contributed by atoms with Crippen LogP contribution in [0.1, 0.15) is 20.3 Å². The number of anilines is 1. The van der Waals surface area contributed by atoms with Gasteiger partial charge in [0, 0.05) is 23.7 Å². The Kier molecular flexibility index (Phi) is 4.75. The van der Waals surface area contributed by atoms with Gasteiger partial charge in [-0.05, 0) is 42.7 Å². The third kappa shape index (κ3) is 3.90. The Labute approximate surface area is 119 Å². The molecule has 19 heavy (non-hydrogen) atoms. The van der Waals surface area contributed by atoms with Crippen LogP contribution in [-0.2, 0) is 0 Å². The summed E-state index contributed by atoms with van der Waals surface area (Å²) >= 11 is 1.68. The van der Waals surface area contributed by atoms with Crippen LogP contribution in [-0.4, -0.2) is 30.3 Å². The standard InChI is InChI=1S/C15H22N2OS/c1-11-7-12(2)10-17(9-11)15(18)16-13-5-4-6-14(8-13)19-3/h4-6,8,11-12H,7,9-10H2,1-3H3,(H,16,18)/t11-,12-/m1/s1. The zero-order valence-electron chi connectivity index (χ0n) is 11.8. The molecule has 2 atom stereocenters. The molecule has 0 aromatic heterocycles. The van der Waals surface area contributed by atoms with E-state index in [-0.39, 0.29) is 6.03 Å². The molecule has 0 spiro atoms. The van der Waals surface area contributed by atoms with Crippen LogP contribution in [0.4, 0.5) is 10.5 Å². The fraction of sp³-hybridized carbons (Fsp3) is 0.533. The van der Waals surface area contributed by atoms with Gasteiger partial charge in [0.1, 0.15) is 0 Å². The Bertz CT molecular complexity index is 440. The van der Waals surface area contributed by atoms with Gasteiger partial charge in [0.2, 0.25) is 0 Å². The van der Waals surface area contributed by atoms with Crippen LogP contribution in [0.3, 0.4) is 0 Å². The third-order valence-electron chi connectivity index (χ3n) is 3.48. The van der Waals surface area contributed by atoms with E-state index in [4.69, 9.17) is 0 Å². The first-order valence-electron chi connectivity index (χ1n) is 6.78. The molecule has 1 N–H and O–H groups in total. The molecule has 2 amide bonds. The number of piperidine rings is 1. The molecule has 0 radical (unpaired) electrons. The van der Waals surface area contributed by atoms with Crippen molar-refractivity contribution in [2.75, 3.05) is 24.7 Å². The molecular formula is C15H22N2OS. The number of rotatable bonds is 2. The summed E-state index contributed by atoms with van der Waals surface area (Å²) in [6.07, 6.45) is 3.25. The summed E-state index contributed by atoms with van der Waals surface area (Å²) in [4.78, 5) is 15.4. The van der Waals surface area contributed by atoms with E-state index in [1.165, 1.54) is 6.42 Å². The largest absolute Gasteiger partial charge is 0.324 e. The molecule has 2 rings (SSSR count). The maximum atomic E-state index is 12.3. The van der Waals surface area contributed by atoms with Crippen molar-refractivity contribution in [3.63, 3.8) is 0 Å². The van der Waals surface area contributed by atoms with E-state index in [2.05, 4.69) is 19.2 Å². The van der Waals surface area contributed by atoms with Gasteiger partial charge >= 0.3 is 6.03 Å². The molecule has 1 aromatic rings. The summed E-state index contributed by atoms with van der Waals surface area (Å²) in [5.74, 6) is 1.18. The van der Waals surface area contributed by atoms with Crippen LogP contribution in [0.25, 0.3) is 0 Å². The van der Waals surface area contributed by atoms with Crippen molar-refractivity contribution in [3.05, 3.63) is 24.3 Å². The first-order chi connectivity index (χ1) is 9.08. The number of nitrogens with zero attached hydrogens (tertiary/aromatic N) is 1. The van der Waals surface area contributed by atoms with Crippen molar-refractivity contribution in [2.45, 2.75) is 25.2 Å². The molecular weight excluding hydrogens is 256 g/mol. The second-order valence-electron chi connectivity index (χ2n) is 5.51. The number of hydrogen-bond acceptors (Lipinski definition) is 2. The summed E-state index contributed by atoms with van der Waals surface area (Å²) in [7, 11) is 0. The van der Waals surface area contributed by atoms with Crippen molar-refractivity contribution >= 4 is 23.5 Å². The maximum absolute atomic E-state index is 12.3. The van der Waals surface area contributed by atoms with Crippen LogP contribution >= 0.6 is 11.8 Å². The predicted molar refractivity (Wildman–Crippen MR) is 81.8 cm³/mol. The second kappa shape index (κ2) is 6.33. The first-order valence-corrected chi connectivity index (χ1v) is 8.01. The molecule has 1 aliphatic heterocycles. The molecule has 0 unspecified atom stereocenters. The second-order valence-corrected chi connectivity index (χ2v) is 6.39. The van der Waals surface area contributed by atoms with E-state index >= 15 is 0 Å². The minimum absolute atomic E-state index is 0.0247. The lowest BCUT2D eigenvalue weighted by molar-refractivity contribution is 0.156. The van der Waals surface area contributed by atoms with Gasteiger partial charge in [0.05, 0.1) is 0 Å². The van der Waals surface area contributed by atoms with Gasteiger partial charge in [-0.2, -0.15) is 0 Å². The minimum Gasteiger partial charge on any atom is -0.324 e. The van der Waals surface area contributed by atoms with Crippen LogP contribution in [0, 0.1) is 11.8 Å². The van der Waals surface area contributed by atoms with Gasteiger partial charge in [0.25, 0.3) is 0 Å². The van der Waals surface area contributed by atoms with Crippen molar-refractivity contribution < 1.29 is 4.79 Å². The molecule has 1 aliphatic rings. The minimum atomic E-state index is 0.0247. The molecule has 104 valence electrons. The van der Waals surface area contributed by atoms with Crippen molar-refractivity contribution in [1.82, 2.24) is 4.90 Å². The number of urea groups is 1. The predicted octanol–water partition coefficient (Wildman–Crippen LogP) is 3.92. The summed E-state index contributed by atoms with van der Waals surface area (Å²) in [5.41, 5.74) is 0.878. The van der Waals surface area contributed by atoms with E-state index < -0.39 is 0 Å². The Morgan fingerprint density at radius 1 is 1.32 bits per heavy atom. The van der Waals surface area contributed by atoms with Crippen LogP contribution in [0.15, 0.2) is 29.2 Å². The molecule has 0 saturated carbocycles. The summed E-state index contributed by atoms with van der Waals surface area (Å²) in [6.45, 7) is 6.14. The number of amides is 2. The van der Waals surface area contributed by atoms with Gasteiger partial charge < -0.3 is 10.2 Å². The number of benzene rings is 1. The highest BCUT2D eigenvalue weighted by atomic mass is 32.2. The molecule has 0 bridgehead atoms. The van der Waals surface area contributed by atoms with Gasteiger partial charge in [-0.25, -0.2) is 4.79 Å². The lowest BCUT2D eigenvalue weighted by Crippen LogP contribution is -2.44. The third-order valence-corrected chi connectivity index (χ3v) is 4.20. The Balaban J connectivity index is 2.00. The zero-order chi connectivity index (χ0) is 13.8. The number of thioether (sulfide) groups is 1. The Morgan fingerprint density at radius 2 is 2.00 bits per heavy atom. The normalized spacial score (nSPS) is 23.2. The van der Waals surface area contributed by atoms with Crippen LogP contribution < -0.4 is 5.32 Å².